The van der Waals surface area contributed by atoms with E-state index in [1.807, 2.05) is 18.2 Å². The van der Waals surface area contributed by atoms with Crippen LogP contribution in [0, 0.1) is 5.82 Å². The minimum atomic E-state index is -0.458. The van der Waals surface area contributed by atoms with Gasteiger partial charge in [0.25, 0.3) is 0 Å². The van der Waals surface area contributed by atoms with Crippen LogP contribution < -0.4 is 15.4 Å². The number of halogens is 1. The Hall–Kier alpha value is -2.56. The molecule has 2 aromatic carbocycles. The van der Waals surface area contributed by atoms with Crippen LogP contribution in [0.15, 0.2) is 42.5 Å². The summed E-state index contributed by atoms with van der Waals surface area (Å²) >= 11 is 0. The summed E-state index contributed by atoms with van der Waals surface area (Å²) in [5.74, 6) is 0.155. The predicted octanol–water partition coefficient (Wildman–Crippen LogP) is 4.78. The van der Waals surface area contributed by atoms with Gasteiger partial charge in [0.05, 0.1) is 12.8 Å². The normalized spacial score (nSPS) is 11.0. The van der Waals surface area contributed by atoms with E-state index in [-0.39, 0.29) is 5.41 Å². The van der Waals surface area contributed by atoms with Crippen LogP contribution in [0.3, 0.4) is 0 Å². The van der Waals surface area contributed by atoms with Crippen molar-refractivity contribution in [3.8, 4) is 5.75 Å². The lowest BCUT2D eigenvalue weighted by Crippen LogP contribution is -2.20. The molecule has 0 radical (unpaired) electrons. The van der Waals surface area contributed by atoms with E-state index in [4.69, 9.17) is 4.74 Å². The number of methoxy groups -OCH3 is 1. The zero-order valence-corrected chi connectivity index (χ0v) is 13.7. The molecule has 0 saturated carbocycles. The molecule has 2 amide bonds. The highest BCUT2D eigenvalue weighted by Gasteiger charge is 2.17. The zero-order chi connectivity index (χ0) is 17.0. The van der Waals surface area contributed by atoms with Gasteiger partial charge in [-0.05, 0) is 41.3 Å². The Morgan fingerprint density at radius 3 is 2.43 bits per heavy atom. The van der Waals surface area contributed by atoms with Crippen molar-refractivity contribution in [3.05, 3.63) is 53.8 Å². The lowest BCUT2D eigenvalue weighted by atomic mass is 9.87. The fourth-order valence-electron chi connectivity index (χ4n) is 2.12. The second-order valence-corrected chi connectivity index (χ2v) is 6.25. The number of ether oxygens (including phenoxy) is 1. The molecule has 0 aliphatic carbocycles. The first-order valence-corrected chi connectivity index (χ1v) is 7.31. The highest BCUT2D eigenvalue weighted by molar-refractivity contribution is 6.00. The van der Waals surface area contributed by atoms with Gasteiger partial charge in [-0.1, -0.05) is 32.9 Å². The summed E-state index contributed by atoms with van der Waals surface area (Å²) in [7, 11) is 1.54. The Morgan fingerprint density at radius 2 is 1.83 bits per heavy atom. The number of carbonyl (C=O) groups is 1. The third-order valence-corrected chi connectivity index (χ3v) is 3.40. The van der Waals surface area contributed by atoms with E-state index >= 15 is 0 Å². The largest absolute Gasteiger partial charge is 0.495 e. The van der Waals surface area contributed by atoms with Crippen LogP contribution in [-0.4, -0.2) is 13.1 Å². The molecular formula is C18H21FN2O2. The van der Waals surface area contributed by atoms with E-state index in [1.165, 1.54) is 18.2 Å². The summed E-state index contributed by atoms with van der Waals surface area (Å²) in [6.07, 6.45) is 0. The zero-order valence-electron chi connectivity index (χ0n) is 13.7. The number of hydrogen-bond donors (Lipinski definition) is 2. The monoisotopic (exact) mass is 316 g/mol. The Morgan fingerprint density at radius 1 is 1.09 bits per heavy atom. The summed E-state index contributed by atoms with van der Waals surface area (Å²) in [6, 6.07) is 10.9. The van der Waals surface area contributed by atoms with Gasteiger partial charge in [0.2, 0.25) is 0 Å². The first-order valence-electron chi connectivity index (χ1n) is 7.31. The van der Waals surface area contributed by atoms with Crippen molar-refractivity contribution in [2.75, 3.05) is 17.7 Å². The average Bonchev–Trinajstić information content (AvgIpc) is 2.46. The van der Waals surface area contributed by atoms with Crippen LogP contribution in [0.2, 0.25) is 0 Å². The van der Waals surface area contributed by atoms with Crippen LogP contribution in [0.5, 0.6) is 5.75 Å². The highest BCUT2D eigenvalue weighted by atomic mass is 19.1. The molecule has 2 rings (SSSR count). The molecule has 5 heteroatoms. The Balaban J connectivity index is 2.19. The minimum Gasteiger partial charge on any atom is -0.495 e. The van der Waals surface area contributed by atoms with E-state index < -0.39 is 11.8 Å². The molecule has 0 saturated heterocycles. The topological polar surface area (TPSA) is 50.4 Å². The molecule has 2 aromatic rings. The lowest BCUT2D eigenvalue weighted by molar-refractivity contribution is 0.262. The number of hydrogen-bond acceptors (Lipinski definition) is 2. The fraction of sp³-hybridized carbons (Fsp3) is 0.278. The van der Waals surface area contributed by atoms with Gasteiger partial charge in [-0.25, -0.2) is 9.18 Å². The molecule has 0 unspecified atom stereocenters. The summed E-state index contributed by atoms with van der Waals surface area (Å²) in [5, 5.41) is 5.34. The van der Waals surface area contributed by atoms with Gasteiger partial charge in [-0.15, -0.1) is 0 Å². The van der Waals surface area contributed by atoms with E-state index in [9.17, 15) is 9.18 Å². The second kappa shape index (κ2) is 6.69. The van der Waals surface area contributed by atoms with E-state index in [1.54, 1.807) is 13.2 Å². The molecule has 23 heavy (non-hydrogen) atoms. The number of anilines is 2. The maximum Gasteiger partial charge on any atom is 0.323 e. The standard InChI is InChI=1S/C18H21FN2O2/c1-18(2,3)12-8-9-16(23-4)15(10-12)21-17(22)20-14-7-5-6-13(19)11-14/h5-11H,1-4H3,(H2,20,21,22). The van der Waals surface area contributed by atoms with Crippen molar-refractivity contribution in [1.29, 1.82) is 0 Å². The number of rotatable bonds is 3. The number of amides is 2. The van der Waals surface area contributed by atoms with E-state index in [0.29, 0.717) is 17.1 Å². The van der Waals surface area contributed by atoms with Crippen LogP contribution in [-0.2, 0) is 5.41 Å². The summed E-state index contributed by atoms with van der Waals surface area (Å²) < 4.78 is 18.4. The molecule has 0 bridgehead atoms. The molecule has 122 valence electrons. The Kier molecular flexibility index (Phi) is 4.89. The summed E-state index contributed by atoms with van der Waals surface area (Å²) in [6.45, 7) is 6.27. The fourth-order valence-corrected chi connectivity index (χ4v) is 2.12. The number of nitrogens with one attached hydrogen (secondary N) is 2. The molecule has 4 nitrogen and oxygen atoms in total. The van der Waals surface area contributed by atoms with Crippen LogP contribution in [0.4, 0.5) is 20.6 Å². The lowest BCUT2D eigenvalue weighted by Gasteiger charge is -2.21. The second-order valence-electron chi connectivity index (χ2n) is 6.25. The average molecular weight is 316 g/mol. The van der Waals surface area contributed by atoms with Gasteiger partial charge in [-0.3, -0.25) is 0 Å². The molecule has 2 N–H and O–H groups in total. The van der Waals surface area contributed by atoms with Crippen molar-refractivity contribution in [3.63, 3.8) is 0 Å². The van der Waals surface area contributed by atoms with Gasteiger partial charge in [-0.2, -0.15) is 0 Å². The SMILES string of the molecule is COc1ccc(C(C)(C)C)cc1NC(=O)Nc1cccc(F)c1. The maximum atomic E-state index is 13.2. The van der Waals surface area contributed by atoms with Crippen molar-refractivity contribution in [2.45, 2.75) is 26.2 Å². The van der Waals surface area contributed by atoms with Crippen LogP contribution >= 0.6 is 0 Å². The maximum absolute atomic E-state index is 13.2. The van der Waals surface area contributed by atoms with Gasteiger partial charge in [0.15, 0.2) is 0 Å². The predicted molar refractivity (Wildman–Crippen MR) is 90.7 cm³/mol. The summed E-state index contributed by atoms with van der Waals surface area (Å²) in [4.78, 5) is 12.1. The molecule has 0 aliphatic heterocycles. The smallest absolute Gasteiger partial charge is 0.323 e. The molecule has 0 atom stereocenters. The van der Waals surface area contributed by atoms with Gasteiger partial charge in [0.1, 0.15) is 11.6 Å². The van der Waals surface area contributed by atoms with Crippen LogP contribution in [0.25, 0.3) is 0 Å². The van der Waals surface area contributed by atoms with Crippen molar-refractivity contribution in [2.24, 2.45) is 0 Å². The van der Waals surface area contributed by atoms with Gasteiger partial charge >= 0.3 is 6.03 Å². The third kappa shape index (κ3) is 4.45. The molecular weight excluding hydrogens is 295 g/mol. The van der Waals surface area contributed by atoms with Gasteiger partial charge in [0, 0.05) is 5.69 Å². The molecule has 0 spiro atoms. The van der Waals surface area contributed by atoms with E-state index in [2.05, 4.69) is 31.4 Å². The van der Waals surface area contributed by atoms with Crippen molar-refractivity contribution >= 4 is 17.4 Å². The number of urea groups is 1. The van der Waals surface area contributed by atoms with Crippen LogP contribution in [0.1, 0.15) is 26.3 Å². The van der Waals surface area contributed by atoms with Crippen molar-refractivity contribution < 1.29 is 13.9 Å². The molecule has 0 heterocycles. The van der Waals surface area contributed by atoms with Crippen molar-refractivity contribution in [1.82, 2.24) is 0 Å². The molecule has 0 aliphatic rings. The number of carbonyl (C=O) groups excluding carboxylic acids is 1. The number of benzene rings is 2. The highest BCUT2D eigenvalue weighted by Crippen LogP contribution is 2.31. The molecule has 0 fully saturated rings. The minimum absolute atomic E-state index is 0.0538. The quantitative estimate of drug-likeness (QED) is 0.856. The first-order chi connectivity index (χ1) is 10.8. The Labute approximate surface area is 135 Å². The summed E-state index contributed by atoms with van der Waals surface area (Å²) in [5.41, 5.74) is 1.96. The third-order valence-electron chi connectivity index (χ3n) is 3.40. The van der Waals surface area contributed by atoms with Gasteiger partial charge < -0.3 is 15.4 Å². The Bertz CT molecular complexity index is 708. The first kappa shape index (κ1) is 16.8. The molecule has 0 aromatic heterocycles. The van der Waals surface area contributed by atoms with E-state index in [0.717, 1.165) is 5.56 Å².